The summed E-state index contributed by atoms with van der Waals surface area (Å²) in [6.45, 7) is 0.788. The van der Waals surface area contributed by atoms with Gasteiger partial charge in [0.2, 0.25) is 0 Å². The zero-order valence-electron chi connectivity index (χ0n) is 8.25. The second kappa shape index (κ2) is 5.60. The first-order valence-electron chi connectivity index (χ1n) is 4.46. The van der Waals surface area contributed by atoms with Crippen molar-refractivity contribution in [1.29, 1.82) is 0 Å². The molecule has 13 heavy (non-hydrogen) atoms. The second-order valence-electron chi connectivity index (χ2n) is 2.95. The molecule has 2 nitrogen and oxygen atoms in total. The van der Waals surface area contributed by atoms with Crippen LogP contribution in [0.5, 0.6) is 0 Å². The minimum atomic E-state index is 0.788. The number of hydrogen-bond acceptors (Lipinski definition) is 2. The molecule has 0 atom stereocenters. The van der Waals surface area contributed by atoms with Gasteiger partial charge in [-0.05, 0) is 25.0 Å². The van der Waals surface area contributed by atoms with E-state index in [2.05, 4.69) is 12.2 Å². The Balaban J connectivity index is 2.53. The fraction of sp³-hybridized carbons (Fsp3) is 0.455. The van der Waals surface area contributed by atoms with Crippen molar-refractivity contribution >= 4 is 0 Å². The molecule has 0 bridgehead atoms. The Hall–Kier alpha value is -1.02. The standard InChI is InChI=1S/C11H16O2/c1-12-9-8-10-4-3-5-11(13-2)7-6-10/h3,5-7H,4,8-9H2,1-2H3. The lowest BCUT2D eigenvalue weighted by molar-refractivity contribution is 0.202. The maximum Gasteiger partial charge on any atom is 0.118 e. The smallest absolute Gasteiger partial charge is 0.118 e. The molecular formula is C11H16O2. The van der Waals surface area contributed by atoms with Crippen molar-refractivity contribution in [3.05, 3.63) is 35.6 Å². The molecule has 1 rings (SSSR count). The van der Waals surface area contributed by atoms with Crippen LogP contribution in [0.25, 0.3) is 0 Å². The molecule has 0 fully saturated rings. The summed E-state index contributed by atoms with van der Waals surface area (Å²) in [7, 11) is 3.41. The van der Waals surface area contributed by atoms with Crippen molar-refractivity contribution in [1.82, 2.24) is 0 Å². The van der Waals surface area contributed by atoms with Crippen LogP contribution in [0.4, 0.5) is 0 Å². The molecule has 2 heteroatoms. The summed E-state index contributed by atoms with van der Waals surface area (Å²) in [5.74, 6) is 0.910. The Bertz CT molecular complexity index is 236. The summed E-state index contributed by atoms with van der Waals surface area (Å²) in [4.78, 5) is 0. The Morgan fingerprint density at radius 1 is 1.31 bits per heavy atom. The molecule has 0 spiro atoms. The molecule has 0 aliphatic heterocycles. The van der Waals surface area contributed by atoms with Gasteiger partial charge in [0.15, 0.2) is 0 Å². The van der Waals surface area contributed by atoms with E-state index in [1.807, 2.05) is 12.2 Å². The predicted molar refractivity (Wildman–Crippen MR) is 53.4 cm³/mol. The van der Waals surface area contributed by atoms with Gasteiger partial charge < -0.3 is 9.47 Å². The molecule has 0 N–H and O–H groups in total. The van der Waals surface area contributed by atoms with E-state index in [0.29, 0.717) is 0 Å². The number of hydrogen-bond donors (Lipinski definition) is 0. The molecule has 72 valence electrons. The third-order valence-corrected chi connectivity index (χ3v) is 2.01. The highest BCUT2D eigenvalue weighted by atomic mass is 16.5. The maximum absolute atomic E-state index is 5.12. The van der Waals surface area contributed by atoms with Crippen LogP contribution in [-0.4, -0.2) is 20.8 Å². The van der Waals surface area contributed by atoms with Crippen LogP contribution < -0.4 is 0 Å². The van der Waals surface area contributed by atoms with Crippen LogP contribution >= 0.6 is 0 Å². The molecule has 1 aliphatic carbocycles. The molecule has 0 amide bonds. The minimum absolute atomic E-state index is 0.788. The fourth-order valence-electron chi connectivity index (χ4n) is 1.20. The van der Waals surface area contributed by atoms with Crippen LogP contribution in [-0.2, 0) is 9.47 Å². The zero-order valence-corrected chi connectivity index (χ0v) is 8.25. The fourth-order valence-corrected chi connectivity index (χ4v) is 1.20. The van der Waals surface area contributed by atoms with Crippen molar-refractivity contribution in [2.24, 2.45) is 0 Å². The predicted octanol–water partition coefficient (Wildman–Crippen LogP) is 2.44. The highest BCUT2D eigenvalue weighted by Crippen LogP contribution is 2.14. The van der Waals surface area contributed by atoms with E-state index in [1.54, 1.807) is 14.2 Å². The summed E-state index contributed by atoms with van der Waals surface area (Å²) < 4.78 is 10.1. The number of ether oxygens (including phenoxy) is 2. The molecule has 0 aromatic carbocycles. The monoisotopic (exact) mass is 180 g/mol. The number of allylic oxidation sites excluding steroid dienone is 4. The lowest BCUT2D eigenvalue weighted by atomic mass is 10.1. The molecule has 0 unspecified atom stereocenters. The van der Waals surface area contributed by atoms with Crippen LogP contribution in [0.3, 0.4) is 0 Å². The van der Waals surface area contributed by atoms with Gasteiger partial charge >= 0.3 is 0 Å². The first kappa shape index (κ1) is 10.1. The van der Waals surface area contributed by atoms with Crippen molar-refractivity contribution in [2.45, 2.75) is 12.8 Å². The Morgan fingerprint density at radius 2 is 2.15 bits per heavy atom. The average Bonchev–Trinajstić information content (AvgIpc) is 2.39. The van der Waals surface area contributed by atoms with E-state index in [9.17, 15) is 0 Å². The van der Waals surface area contributed by atoms with E-state index < -0.39 is 0 Å². The van der Waals surface area contributed by atoms with Crippen LogP contribution in [0, 0.1) is 0 Å². The van der Waals surface area contributed by atoms with Gasteiger partial charge in [-0.25, -0.2) is 0 Å². The third kappa shape index (κ3) is 3.47. The molecule has 0 radical (unpaired) electrons. The second-order valence-corrected chi connectivity index (χ2v) is 2.95. The van der Waals surface area contributed by atoms with Gasteiger partial charge in [-0.2, -0.15) is 0 Å². The van der Waals surface area contributed by atoms with Crippen LogP contribution in [0.2, 0.25) is 0 Å². The van der Waals surface area contributed by atoms with E-state index in [-0.39, 0.29) is 0 Å². The zero-order chi connectivity index (χ0) is 9.52. The van der Waals surface area contributed by atoms with Gasteiger partial charge in [0.1, 0.15) is 5.76 Å². The average molecular weight is 180 g/mol. The quantitative estimate of drug-likeness (QED) is 0.661. The molecule has 0 aromatic rings. The first-order valence-corrected chi connectivity index (χ1v) is 4.46. The summed E-state index contributed by atoms with van der Waals surface area (Å²) in [6, 6.07) is 0. The largest absolute Gasteiger partial charge is 0.497 e. The molecule has 0 saturated carbocycles. The topological polar surface area (TPSA) is 18.5 Å². The highest BCUT2D eigenvalue weighted by molar-refractivity contribution is 5.27. The molecular weight excluding hydrogens is 164 g/mol. The van der Waals surface area contributed by atoms with E-state index in [1.165, 1.54) is 5.57 Å². The van der Waals surface area contributed by atoms with Gasteiger partial charge in [-0.3, -0.25) is 0 Å². The number of methoxy groups -OCH3 is 2. The molecule has 1 aliphatic rings. The normalized spacial score (nSPS) is 16.2. The minimum Gasteiger partial charge on any atom is -0.497 e. The van der Waals surface area contributed by atoms with Crippen LogP contribution in [0.15, 0.2) is 35.6 Å². The van der Waals surface area contributed by atoms with Crippen molar-refractivity contribution in [2.75, 3.05) is 20.8 Å². The van der Waals surface area contributed by atoms with Crippen molar-refractivity contribution < 1.29 is 9.47 Å². The third-order valence-electron chi connectivity index (χ3n) is 2.01. The van der Waals surface area contributed by atoms with Gasteiger partial charge in [-0.15, -0.1) is 0 Å². The van der Waals surface area contributed by atoms with E-state index in [0.717, 1.165) is 25.2 Å². The van der Waals surface area contributed by atoms with Gasteiger partial charge in [0.25, 0.3) is 0 Å². The summed E-state index contributed by atoms with van der Waals surface area (Å²) in [5.41, 5.74) is 1.38. The Morgan fingerprint density at radius 3 is 2.85 bits per heavy atom. The van der Waals surface area contributed by atoms with Gasteiger partial charge in [0, 0.05) is 13.7 Å². The maximum atomic E-state index is 5.12. The van der Waals surface area contributed by atoms with Crippen LogP contribution in [0.1, 0.15) is 12.8 Å². The van der Waals surface area contributed by atoms with E-state index in [4.69, 9.17) is 9.47 Å². The first-order chi connectivity index (χ1) is 6.36. The Labute approximate surface area is 79.5 Å². The SMILES string of the molecule is COCCC1=CC=C(OC)C=CC1. The highest BCUT2D eigenvalue weighted by Gasteiger charge is 1.98. The molecule has 0 aromatic heterocycles. The van der Waals surface area contributed by atoms with Gasteiger partial charge in [0.05, 0.1) is 7.11 Å². The van der Waals surface area contributed by atoms with Gasteiger partial charge in [-0.1, -0.05) is 17.7 Å². The van der Waals surface area contributed by atoms with Crippen molar-refractivity contribution in [3.63, 3.8) is 0 Å². The molecule has 0 saturated heterocycles. The summed E-state index contributed by atoms with van der Waals surface area (Å²) >= 11 is 0. The lowest BCUT2D eigenvalue weighted by Crippen LogP contribution is -1.90. The Kier molecular flexibility index (Phi) is 4.33. The summed E-state index contributed by atoms with van der Waals surface area (Å²) in [6.07, 6.45) is 10.2. The van der Waals surface area contributed by atoms with Crippen molar-refractivity contribution in [3.8, 4) is 0 Å². The molecule has 0 heterocycles. The van der Waals surface area contributed by atoms with E-state index >= 15 is 0 Å². The number of rotatable bonds is 4. The lowest BCUT2D eigenvalue weighted by Gasteiger charge is -2.00. The summed E-state index contributed by atoms with van der Waals surface area (Å²) in [5, 5.41) is 0.